The van der Waals surface area contributed by atoms with Crippen molar-refractivity contribution in [2.24, 2.45) is 0 Å². The zero-order valence-corrected chi connectivity index (χ0v) is 38.3. The van der Waals surface area contributed by atoms with Crippen LogP contribution in [0.1, 0.15) is 25.0 Å². The molecule has 0 fully saturated rings. The van der Waals surface area contributed by atoms with Gasteiger partial charge in [0.25, 0.3) is 0 Å². The molecule has 1 aliphatic rings. The van der Waals surface area contributed by atoms with Gasteiger partial charge in [-0.3, -0.25) is 14.0 Å². The standard InChI is InChI=1S/C18H15N2.2C15H11N2.3Ir/c1-18(2)15-9-4-3-7-13(15)14-8-5-10-16(17(14)18)20-12-6-11-19-20;1-2-6-13(7-3-1)14-8-4-9-15(12-14)17-11-5-10-16-17;1-2-5-13(6-3-1)14-7-9-15(10-8-14)17-12-4-11-16-17;;;/h3-9,11-12H,1-2H3;1-8,10-12H;1-9,11-12H;;;/q3*-1;;;. The van der Waals surface area contributed by atoms with Crippen LogP contribution in [0.3, 0.4) is 0 Å². The topological polar surface area (TPSA) is 53.5 Å². The van der Waals surface area contributed by atoms with E-state index in [9.17, 15) is 0 Å². The van der Waals surface area contributed by atoms with Crippen LogP contribution in [-0.4, -0.2) is 29.3 Å². The maximum atomic E-state index is 4.38. The number of nitrogens with zero attached hydrogens (tertiary/aromatic N) is 6. The van der Waals surface area contributed by atoms with Gasteiger partial charge in [0.2, 0.25) is 0 Å². The quantitative estimate of drug-likeness (QED) is 0.161. The van der Waals surface area contributed by atoms with Gasteiger partial charge < -0.3 is 0 Å². The Labute approximate surface area is 374 Å². The van der Waals surface area contributed by atoms with Crippen LogP contribution in [0.15, 0.2) is 189 Å². The van der Waals surface area contributed by atoms with E-state index in [4.69, 9.17) is 0 Å². The molecule has 0 saturated heterocycles. The molecule has 0 N–H and O–H groups in total. The summed E-state index contributed by atoms with van der Waals surface area (Å²) in [5.74, 6) is 0. The van der Waals surface area contributed by atoms with Crippen molar-refractivity contribution >= 4 is 0 Å². The van der Waals surface area contributed by atoms with Crippen LogP contribution in [-0.2, 0) is 65.7 Å². The molecule has 3 radical (unpaired) electrons. The smallest absolute Gasteiger partial charge is 0.0493 e. The monoisotopic (exact) mass is 1280 g/mol. The van der Waals surface area contributed by atoms with Gasteiger partial charge in [0.05, 0.1) is 0 Å². The minimum Gasteiger partial charge on any atom is -0.266 e. The molecule has 0 unspecified atom stereocenters. The third-order valence-corrected chi connectivity index (χ3v) is 9.52. The summed E-state index contributed by atoms with van der Waals surface area (Å²) in [6, 6.07) is 61.1. The zero-order valence-electron chi connectivity index (χ0n) is 31.1. The summed E-state index contributed by atoms with van der Waals surface area (Å²) < 4.78 is 5.52. The number of rotatable bonds is 5. The van der Waals surface area contributed by atoms with Crippen LogP contribution in [0, 0.1) is 18.2 Å². The Morgan fingerprint density at radius 2 is 1.02 bits per heavy atom. The average Bonchev–Trinajstić information content (AvgIpc) is 4.09. The first kappa shape index (κ1) is 43.0. The normalized spacial score (nSPS) is 11.4. The van der Waals surface area contributed by atoms with Gasteiger partial charge in [-0.05, 0) is 57.4 Å². The summed E-state index contributed by atoms with van der Waals surface area (Å²) in [6.45, 7) is 4.55. The molecule has 0 aliphatic heterocycles. The maximum absolute atomic E-state index is 4.38. The van der Waals surface area contributed by atoms with E-state index in [1.54, 1.807) is 17.1 Å². The maximum Gasteiger partial charge on any atom is 0.0493 e. The van der Waals surface area contributed by atoms with Gasteiger partial charge in [-0.1, -0.05) is 104 Å². The van der Waals surface area contributed by atoms with E-state index in [2.05, 4.69) is 120 Å². The van der Waals surface area contributed by atoms with Crippen LogP contribution >= 0.6 is 0 Å². The molecule has 289 valence electrons. The van der Waals surface area contributed by atoms with Gasteiger partial charge in [-0.25, -0.2) is 0 Å². The SMILES string of the molecule is CC1(C)c2ccccc2-c2cc[c-]c(-n3cccn3)c21.[Ir].[Ir].[Ir].[c-]1cc(-c2ccccc2)ccc1-n1cccn1.[c-]1ccc(-c2ccccc2)cc1-n1cccn1. The molecule has 0 bridgehead atoms. The van der Waals surface area contributed by atoms with Crippen molar-refractivity contribution in [3.8, 4) is 50.4 Å². The second-order valence-electron chi connectivity index (χ2n) is 13.3. The predicted molar refractivity (Wildman–Crippen MR) is 216 cm³/mol. The molecule has 57 heavy (non-hydrogen) atoms. The van der Waals surface area contributed by atoms with Gasteiger partial charge in [0.1, 0.15) is 0 Å². The van der Waals surface area contributed by atoms with Crippen molar-refractivity contribution < 1.29 is 60.3 Å². The summed E-state index contributed by atoms with van der Waals surface area (Å²) in [4.78, 5) is 0. The minimum atomic E-state index is -0.0228. The third-order valence-electron chi connectivity index (χ3n) is 9.52. The van der Waals surface area contributed by atoms with Crippen molar-refractivity contribution in [2.75, 3.05) is 0 Å². The molecule has 6 nitrogen and oxygen atoms in total. The van der Waals surface area contributed by atoms with Crippen molar-refractivity contribution in [3.05, 3.63) is 218 Å². The average molecular weight is 1270 g/mol. The van der Waals surface area contributed by atoms with Crippen LogP contribution in [0.4, 0.5) is 0 Å². The third kappa shape index (κ3) is 9.55. The van der Waals surface area contributed by atoms with E-state index in [0.29, 0.717) is 0 Å². The Morgan fingerprint density at radius 3 is 1.61 bits per heavy atom. The van der Waals surface area contributed by atoms with Gasteiger partial charge in [-0.15, -0.1) is 34.4 Å². The van der Waals surface area contributed by atoms with Crippen LogP contribution in [0.2, 0.25) is 0 Å². The van der Waals surface area contributed by atoms with Gasteiger partial charge in [-0.2, -0.15) is 69.9 Å². The molecule has 9 aromatic rings. The Kier molecular flexibility index (Phi) is 15.0. The molecular formula is C48H37Ir3N6-3. The molecule has 9 heteroatoms. The Balaban J connectivity index is 0.000000160. The van der Waals surface area contributed by atoms with Gasteiger partial charge >= 0.3 is 0 Å². The van der Waals surface area contributed by atoms with E-state index in [0.717, 1.165) is 17.1 Å². The predicted octanol–water partition coefficient (Wildman–Crippen LogP) is 10.7. The Morgan fingerprint density at radius 1 is 0.456 bits per heavy atom. The first-order valence-electron chi connectivity index (χ1n) is 17.9. The van der Waals surface area contributed by atoms with Crippen molar-refractivity contribution in [1.29, 1.82) is 0 Å². The fourth-order valence-corrected chi connectivity index (χ4v) is 6.91. The molecular weight excluding hydrogens is 1240 g/mol. The summed E-state index contributed by atoms with van der Waals surface area (Å²) in [6.07, 6.45) is 11.1. The van der Waals surface area contributed by atoms with E-state index < -0.39 is 0 Å². The molecule has 1 aliphatic carbocycles. The summed E-state index contributed by atoms with van der Waals surface area (Å²) in [5, 5.41) is 12.8. The fraction of sp³-hybridized carbons (Fsp3) is 0.0625. The largest absolute Gasteiger partial charge is 0.266 e. The number of hydrogen-bond acceptors (Lipinski definition) is 3. The van der Waals surface area contributed by atoms with Crippen LogP contribution in [0.5, 0.6) is 0 Å². The first-order chi connectivity index (χ1) is 26.6. The molecule has 0 saturated carbocycles. The van der Waals surface area contributed by atoms with Crippen molar-refractivity contribution in [2.45, 2.75) is 19.3 Å². The number of benzene rings is 6. The molecule has 3 aromatic heterocycles. The number of fused-ring (bicyclic) bond motifs is 3. The minimum absolute atomic E-state index is 0. The van der Waals surface area contributed by atoms with E-state index in [1.807, 2.05) is 113 Å². The van der Waals surface area contributed by atoms with Crippen LogP contribution < -0.4 is 0 Å². The molecule has 0 atom stereocenters. The van der Waals surface area contributed by atoms with Crippen LogP contribution in [0.25, 0.3) is 50.4 Å². The molecule has 0 spiro atoms. The molecule has 10 rings (SSSR count). The van der Waals surface area contributed by atoms with Crippen molar-refractivity contribution in [3.63, 3.8) is 0 Å². The Bertz CT molecular complexity index is 2550. The second kappa shape index (κ2) is 19.9. The number of hydrogen-bond donors (Lipinski definition) is 0. The van der Waals surface area contributed by atoms with Gasteiger partial charge in [0, 0.05) is 97.5 Å². The fourth-order valence-electron chi connectivity index (χ4n) is 6.91. The molecule has 6 aromatic carbocycles. The summed E-state index contributed by atoms with van der Waals surface area (Å²) in [7, 11) is 0. The molecule has 0 amide bonds. The number of aromatic nitrogens is 6. The van der Waals surface area contributed by atoms with E-state index in [1.165, 1.54) is 44.5 Å². The van der Waals surface area contributed by atoms with E-state index >= 15 is 0 Å². The summed E-state index contributed by atoms with van der Waals surface area (Å²) >= 11 is 0. The van der Waals surface area contributed by atoms with E-state index in [-0.39, 0.29) is 65.7 Å². The van der Waals surface area contributed by atoms with Gasteiger partial charge in [0.15, 0.2) is 0 Å². The first-order valence-corrected chi connectivity index (χ1v) is 17.9. The summed E-state index contributed by atoms with van der Waals surface area (Å²) in [5.41, 5.74) is 13.0. The zero-order chi connectivity index (χ0) is 36.7. The second-order valence-corrected chi connectivity index (χ2v) is 13.3. The Hall–Kier alpha value is -5.10. The molecule has 3 heterocycles. The van der Waals surface area contributed by atoms with Crippen molar-refractivity contribution in [1.82, 2.24) is 29.3 Å².